The fourth-order valence-corrected chi connectivity index (χ4v) is 2.24. The van der Waals surface area contributed by atoms with E-state index in [4.69, 9.17) is 5.11 Å². The van der Waals surface area contributed by atoms with Gasteiger partial charge in [-0.25, -0.2) is 9.97 Å². The number of nitrogens with zero attached hydrogens (tertiary/aromatic N) is 2. The van der Waals surface area contributed by atoms with Crippen LogP contribution in [0.15, 0.2) is 48.2 Å². The smallest absolute Gasteiger partial charge is 0.123 e. The number of nitrogens with one attached hydrogen (secondary N) is 1. The van der Waals surface area contributed by atoms with E-state index < -0.39 is 0 Å². The van der Waals surface area contributed by atoms with Gasteiger partial charge in [0, 0.05) is 16.6 Å². The van der Waals surface area contributed by atoms with E-state index in [2.05, 4.69) is 32.5 Å². The van der Waals surface area contributed by atoms with Crippen molar-refractivity contribution in [3.8, 4) is 10.6 Å². The summed E-state index contributed by atoms with van der Waals surface area (Å²) in [5.41, 5.74) is 3.05. The van der Waals surface area contributed by atoms with Gasteiger partial charge < -0.3 is 10.1 Å². The van der Waals surface area contributed by atoms with Crippen molar-refractivity contribution in [1.82, 2.24) is 15.0 Å². The molecule has 2 aromatic heterocycles. The van der Waals surface area contributed by atoms with Crippen molar-refractivity contribution in [3.05, 3.63) is 59.6 Å². The lowest BCUT2D eigenvalue weighted by atomic mass is 10.2. The predicted molar refractivity (Wildman–Crippen MR) is 76.8 cm³/mol. The van der Waals surface area contributed by atoms with Gasteiger partial charge >= 0.3 is 0 Å². The summed E-state index contributed by atoms with van der Waals surface area (Å²) >= 11 is 1.69. The molecule has 0 aliphatic carbocycles. The zero-order valence-corrected chi connectivity index (χ0v) is 11.4. The van der Waals surface area contributed by atoms with E-state index in [1.165, 1.54) is 11.9 Å². The quantitative estimate of drug-likeness (QED) is 0.754. The summed E-state index contributed by atoms with van der Waals surface area (Å²) in [7, 11) is 0. The predicted octanol–water partition coefficient (Wildman–Crippen LogP) is 3.02. The van der Waals surface area contributed by atoms with Crippen LogP contribution in [-0.2, 0) is 6.61 Å². The van der Waals surface area contributed by atoms with Crippen LogP contribution in [0.3, 0.4) is 0 Å². The first-order chi connectivity index (χ1) is 9.29. The number of aliphatic hydroxyl groups excluding tert-OH is 1. The normalized spacial score (nSPS) is 9.79. The molecule has 0 unspecified atom stereocenters. The first-order valence-corrected chi connectivity index (χ1v) is 6.73. The molecular weight excluding hydrogens is 258 g/mol. The molecule has 0 amide bonds. The molecule has 0 aliphatic heterocycles. The average molecular weight is 273 g/mol. The second kappa shape index (κ2) is 6.82. The highest BCUT2D eigenvalue weighted by atomic mass is 32.1. The van der Waals surface area contributed by atoms with Gasteiger partial charge in [0.15, 0.2) is 0 Å². The summed E-state index contributed by atoms with van der Waals surface area (Å²) < 4.78 is 0. The van der Waals surface area contributed by atoms with Crippen LogP contribution in [0.4, 0.5) is 0 Å². The fraction of sp³-hybridized carbons (Fsp3) is 0.143. The molecule has 2 N–H and O–H groups in total. The number of hydrogen-bond acceptors (Lipinski definition) is 4. The van der Waals surface area contributed by atoms with Gasteiger partial charge in [0.05, 0.1) is 24.8 Å². The van der Waals surface area contributed by atoms with Crippen molar-refractivity contribution >= 4 is 11.3 Å². The molecule has 0 atom stereocenters. The number of aromatic nitrogens is 3. The molecule has 3 rings (SSSR count). The van der Waals surface area contributed by atoms with Crippen LogP contribution >= 0.6 is 11.3 Å². The maximum Gasteiger partial charge on any atom is 0.123 e. The number of aromatic amines is 1. The Morgan fingerprint density at radius 3 is 2.53 bits per heavy atom. The van der Waals surface area contributed by atoms with Gasteiger partial charge in [-0.2, -0.15) is 0 Å². The molecule has 0 saturated carbocycles. The molecule has 5 heteroatoms. The van der Waals surface area contributed by atoms with Gasteiger partial charge in [0.25, 0.3) is 0 Å². The van der Waals surface area contributed by atoms with Crippen molar-refractivity contribution in [2.45, 2.75) is 13.5 Å². The van der Waals surface area contributed by atoms with Crippen molar-refractivity contribution in [1.29, 1.82) is 0 Å². The summed E-state index contributed by atoms with van der Waals surface area (Å²) in [5.74, 6) is 0. The Balaban J connectivity index is 0.000000163. The average Bonchev–Trinajstić information content (AvgIpc) is 3.11. The highest BCUT2D eigenvalue weighted by molar-refractivity contribution is 7.13. The highest BCUT2D eigenvalue weighted by Gasteiger charge is 1.99. The van der Waals surface area contributed by atoms with E-state index in [9.17, 15) is 0 Å². The minimum absolute atomic E-state index is 0.0417. The minimum atomic E-state index is 0.0417. The Morgan fingerprint density at radius 1 is 1.26 bits per heavy atom. The zero-order chi connectivity index (χ0) is 13.5. The second-order valence-electron chi connectivity index (χ2n) is 3.90. The molecule has 19 heavy (non-hydrogen) atoms. The van der Waals surface area contributed by atoms with Gasteiger partial charge in [-0.05, 0) is 6.92 Å². The standard InChI is InChI=1S/C10H9NS.C4H6N2O/c1-8-7-12-10(11-8)9-5-3-2-4-6-9;7-2-4-1-5-3-6-4/h2-7H,1H3;1,3,7H,2H2,(H,5,6). The number of rotatable bonds is 2. The lowest BCUT2D eigenvalue weighted by molar-refractivity contribution is 0.277. The Labute approximate surface area is 115 Å². The molecule has 0 bridgehead atoms. The topological polar surface area (TPSA) is 61.8 Å². The number of aliphatic hydroxyl groups is 1. The number of H-pyrrole nitrogens is 1. The van der Waals surface area contributed by atoms with Crippen LogP contribution in [0, 0.1) is 6.92 Å². The maximum atomic E-state index is 8.36. The highest BCUT2D eigenvalue weighted by Crippen LogP contribution is 2.22. The van der Waals surface area contributed by atoms with Crippen molar-refractivity contribution in [2.24, 2.45) is 0 Å². The van der Waals surface area contributed by atoms with Crippen molar-refractivity contribution in [3.63, 3.8) is 0 Å². The van der Waals surface area contributed by atoms with E-state index in [1.807, 2.05) is 25.1 Å². The van der Waals surface area contributed by atoms with E-state index in [0.717, 1.165) is 16.4 Å². The van der Waals surface area contributed by atoms with Crippen molar-refractivity contribution < 1.29 is 5.11 Å². The van der Waals surface area contributed by atoms with E-state index >= 15 is 0 Å². The number of thiazole rings is 1. The Morgan fingerprint density at radius 2 is 2.05 bits per heavy atom. The number of benzene rings is 1. The summed E-state index contributed by atoms with van der Waals surface area (Å²) in [4.78, 5) is 10.8. The van der Waals surface area contributed by atoms with Crippen molar-refractivity contribution in [2.75, 3.05) is 0 Å². The van der Waals surface area contributed by atoms with Gasteiger partial charge in [0.1, 0.15) is 5.01 Å². The third-order valence-electron chi connectivity index (χ3n) is 2.36. The SMILES string of the molecule is Cc1csc(-c2ccccc2)n1.OCc1cnc[nH]1. The van der Waals surface area contributed by atoms with E-state index in [0.29, 0.717) is 0 Å². The molecule has 0 spiro atoms. The van der Waals surface area contributed by atoms with Crippen LogP contribution < -0.4 is 0 Å². The Hall–Kier alpha value is -1.98. The molecular formula is C14H15N3OS. The summed E-state index contributed by atoms with van der Waals surface area (Å²) in [6.07, 6.45) is 3.12. The van der Waals surface area contributed by atoms with Crippen LogP contribution in [0.2, 0.25) is 0 Å². The largest absolute Gasteiger partial charge is 0.390 e. The molecule has 2 heterocycles. The van der Waals surface area contributed by atoms with Crippen LogP contribution in [0.25, 0.3) is 10.6 Å². The van der Waals surface area contributed by atoms with E-state index in [-0.39, 0.29) is 6.61 Å². The number of hydrogen-bond donors (Lipinski definition) is 2. The lowest BCUT2D eigenvalue weighted by Crippen LogP contribution is -1.77. The van der Waals surface area contributed by atoms with E-state index in [1.54, 1.807) is 17.5 Å². The third-order valence-corrected chi connectivity index (χ3v) is 3.37. The molecule has 4 nitrogen and oxygen atoms in total. The monoisotopic (exact) mass is 273 g/mol. The molecule has 0 saturated heterocycles. The minimum Gasteiger partial charge on any atom is -0.390 e. The van der Waals surface area contributed by atoms with Crippen LogP contribution in [0.1, 0.15) is 11.4 Å². The Kier molecular flexibility index (Phi) is 4.83. The lowest BCUT2D eigenvalue weighted by Gasteiger charge is -1.92. The van der Waals surface area contributed by atoms with Gasteiger partial charge in [-0.3, -0.25) is 0 Å². The molecule has 3 aromatic rings. The zero-order valence-electron chi connectivity index (χ0n) is 10.6. The first kappa shape index (κ1) is 13.5. The van der Waals surface area contributed by atoms with Gasteiger partial charge in [0.2, 0.25) is 0 Å². The van der Waals surface area contributed by atoms with Gasteiger partial charge in [-0.15, -0.1) is 11.3 Å². The third kappa shape index (κ3) is 4.01. The Bertz CT molecular complexity index is 590. The molecule has 98 valence electrons. The summed E-state index contributed by atoms with van der Waals surface area (Å²) in [6, 6.07) is 10.2. The molecule has 0 radical (unpaired) electrons. The molecule has 1 aromatic carbocycles. The number of imidazole rings is 1. The second-order valence-corrected chi connectivity index (χ2v) is 4.75. The van der Waals surface area contributed by atoms with Crippen LogP contribution in [0.5, 0.6) is 0 Å². The van der Waals surface area contributed by atoms with Crippen LogP contribution in [-0.4, -0.2) is 20.1 Å². The fourth-order valence-electron chi connectivity index (χ4n) is 1.44. The molecule has 0 fully saturated rings. The summed E-state index contributed by atoms with van der Waals surface area (Å²) in [6.45, 7) is 2.06. The maximum absolute atomic E-state index is 8.36. The molecule has 0 aliphatic rings. The first-order valence-electron chi connectivity index (χ1n) is 5.85. The van der Waals surface area contributed by atoms with Gasteiger partial charge in [-0.1, -0.05) is 30.3 Å². The summed E-state index contributed by atoms with van der Waals surface area (Å²) in [5, 5.41) is 11.5. The number of aryl methyl sites for hydroxylation is 1.